The zero-order chi connectivity index (χ0) is 19.4. The number of methoxy groups -OCH3 is 2. The van der Waals surface area contributed by atoms with Gasteiger partial charge < -0.3 is 19.8 Å². The van der Waals surface area contributed by atoms with Gasteiger partial charge in [-0.2, -0.15) is 0 Å². The van der Waals surface area contributed by atoms with Crippen molar-refractivity contribution >= 4 is 28.4 Å². The molecular formula is C20H19ClN2O4. The Labute approximate surface area is 161 Å². The number of aromatic nitrogens is 1. The molecule has 140 valence electrons. The van der Waals surface area contributed by atoms with E-state index in [9.17, 15) is 9.59 Å². The topological polar surface area (TPSA) is 80.4 Å². The second kappa shape index (κ2) is 8.14. The van der Waals surface area contributed by atoms with E-state index in [1.807, 2.05) is 0 Å². The first kappa shape index (κ1) is 18.8. The summed E-state index contributed by atoms with van der Waals surface area (Å²) in [5, 5.41) is 4.12. The number of benzene rings is 2. The van der Waals surface area contributed by atoms with Gasteiger partial charge >= 0.3 is 0 Å². The van der Waals surface area contributed by atoms with E-state index in [4.69, 9.17) is 21.1 Å². The highest BCUT2D eigenvalue weighted by atomic mass is 35.5. The molecule has 2 aromatic carbocycles. The van der Waals surface area contributed by atoms with E-state index < -0.39 is 0 Å². The van der Waals surface area contributed by atoms with Crippen molar-refractivity contribution in [3.8, 4) is 11.5 Å². The Morgan fingerprint density at radius 1 is 1.07 bits per heavy atom. The summed E-state index contributed by atoms with van der Waals surface area (Å²) >= 11 is 5.82. The first-order valence-corrected chi connectivity index (χ1v) is 8.72. The highest BCUT2D eigenvalue weighted by molar-refractivity contribution is 6.30. The predicted octanol–water partition coefficient (Wildman–Crippen LogP) is 3.17. The predicted molar refractivity (Wildman–Crippen MR) is 105 cm³/mol. The normalized spacial score (nSPS) is 10.6. The standard InChI is InChI=1S/C20H19ClN2O4/c1-26-16-7-8-17(27-2)18-15(16)11-13(20(25)23-18)9-10-22-19(24)12-3-5-14(21)6-4-12/h3-8,11H,9-10H2,1-2H3,(H,22,24)(H,23,25). The number of pyridine rings is 1. The Hall–Kier alpha value is -2.99. The van der Waals surface area contributed by atoms with Crippen LogP contribution in [0.25, 0.3) is 10.9 Å². The van der Waals surface area contributed by atoms with Crippen LogP contribution in [0.15, 0.2) is 47.3 Å². The van der Waals surface area contributed by atoms with Gasteiger partial charge in [-0.15, -0.1) is 0 Å². The largest absolute Gasteiger partial charge is 0.496 e. The molecule has 0 saturated heterocycles. The highest BCUT2D eigenvalue weighted by Crippen LogP contribution is 2.31. The van der Waals surface area contributed by atoms with Crippen LogP contribution in [-0.4, -0.2) is 31.7 Å². The minimum Gasteiger partial charge on any atom is -0.496 e. The number of nitrogens with one attached hydrogen (secondary N) is 2. The maximum absolute atomic E-state index is 12.4. The quantitative estimate of drug-likeness (QED) is 0.681. The summed E-state index contributed by atoms with van der Waals surface area (Å²) in [4.78, 5) is 27.4. The molecule has 1 heterocycles. The lowest BCUT2D eigenvalue weighted by Crippen LogP contribution is -2.27. The van der Waals surface area contributed by atoms with Crippen molar-refractivity contribution in [2.75, 3.05) is 20.8 Å². The van der Waals surface area contributed by atoms with E-state index in [1.165, 1.54) is 0 Å². The maximum atomic E-state index is 12.4. The zero-order valence-corrected chi connectivity index (χ0v) is 15.7. The van der Waals surface area contributed by atoms with Gasteiger partial charge in [0.25, 0.3) is 11.5 Å². The number of hydrogen-bond donors (Lipinski definition) is 2. The van der Waals surface area contributed by atoms with Crippen LogP contribution in [0.5, 0.6) is 11.5 Å². The second-order valence-electron chi connectivity index (χ2n) is 5.90. The lowest BCUT2D eigenvalue weighted by molar-refractivity contribution is 0.0954. The molecule has 1 aromatic heterocycles. The van der Waals surface area contributed by atoms with Crippen LogP contribution in [0.1, 0.15) is 15.9 Å². The van der Waals surface area contributed by atoms with Crippen LogP contribution < -0.4 is 20.3 Å². The van der Waals surface area contributed by atoms with Gasteiger partial charge in [-0.25, -0.2) is 0 Å². The average molecular weight is 387 g/mol. The molecule has 0 aliphatic rings. The van der Waals surface area contributed by atoms with Crippen molar-refractivity contribution in [1.82, 2.24) is 10.3 Å². The lowest BCUT2D eigenvalue weighted by Gasteiger charge is -2.11. The Bertz CT molecular complexity index is 1030. The van der Waals surface area contributed by atoms with Gasteiger partial charge in [0, 0.05) is 28.1 Å². The van der Waals surface area contributed by atoms with Crippen molar-refractivity contribution in [1.29, 1.82) is 0 Å². The Balaban J connectivity index is 1.78. The molecule has 27 heavy (non-hydrogen) atoms. The van der Waals surface area contributed by atoms with Crippen LogP contribution in [-0.2, 0) is 6.42 Å². The zero-order valence-electron chi connectivity index (χ0n) is 15.0. The van der Waals surface area contributed by atoms with Crippen LogP contribution in [0.4, 0.5) is 0 Å². The summed E-state index contributed by atoms with van der Waals surface area (Å²) in [7, 11) is 3.11. The molecule has 7 heteroatoms. The number of ether oxygens (including phenoxy) is 2. The summed E-state index contributed by atoms with van der Waals surface area (Å²) in [6.07, 6.45) is 0.380. The van der Waals surface area contributed by atoms with E-state index in [-0.39, 0.29) is 11.5 Å². The summed E-state index contributed by atoms with van der Waals surface area (Å²) in [5.41, 5.74) is 1.41. The van der Waals surface area contributed by atoms with Gasteiger partial charge in [0.1, 0.15) is 11.5 Å². The molecule has 0 spiro atoms. The fourth-order valence-electron chi connectivity index (χ4n) is 2.83. The molecule has 3 aromatic rings. The van der Waals surface area contributed by atoms with E-state index in [0.717, 1.165) is 5.39 Å². The van der Waals surface area contributed by atoms with Crippen molar-refractivity contribution < 1.29 is 14.3 Å². The van der Waals surface area contributed by atoms with Gasteiger partial charge in [0.05, 0.1) is 19.7 Å². The summed E-state index contributed by atoms with van der Waals surface area (Å²) in [5.74, 6) is 0.974. The van der Waals surface area contributed by atoms with Crippen molar-refractivity contribution in [3.05, 3.63) is 69.0 Å². The minimum absolute atomic E-state index is 0.219. The first-order valence-electron chi connectivity index (χ1n) is 8.34. The van der Waals surface area contributed by atoms with E-state index in [2.05, 4.69) is 10.3 Å². The Kier molecular flexibility index (Phi) is 5.66. The summed E-state index contributed by atoms with van der Waals surface area (Å²) in [6.45, 7) is 0.322. The van der Waals surface area contributed by atoms with Crippen LogP contribution in [0.2, 0.25) is 5.02 Å². The van der Waals surface area contributed by atoms with Crippen LogP contribution in [0.3, 0.4) is 0 Å². The highest BCUT2D eigenvalue weighted by Gasteiger charge is 2.12. The fraction of sp³-hybridized carbons (Fsp3) is 0.200. The molecule has 1 amide bonds. The van der Waals surface area contributed by atoms with E-state index in [0.29, 0.717) is 46.1 Å². The number of H-pyrrole nitrogens is 1. The molecule has 0 fully saturated rings. The maximum Gasteiger partial charge on any atom is 0.251 e. The number of fused-ring (bicyclic) bond motifs is 1. The van der Waals surface area contributed by atoms with Gasteiger partial charge in [-0.1, -0.05) is 11.6 Å². The number of carbonyl (C=O) groups excluding carboxylic acids is 1. The molecule has 2 N–H and O–H groups in total. The molecule has 0 unspecified atom stereocenters. The number of aromatic amines is 1. The van der Waals surface area contributed by atoms with E-state index in [1.54, 1.807) is 56.7 Å². The van der Waals surface area contributed by atoms with Gasteiger partial charge in [0.15, 0.2) is 0 Å². The average Bonchev–Trinajstić information content (AvgIpc) is 2.68. The first-order chi connectivity index (χ1) is 13.0. The van der Waals surface area contributed by atoms with Gasteiger partial charge in [0.2, 0.25) is 0 Å². The summed E-state index contributed by atoms with van der Waals surface area (Å²) in [6, 6.07) is 11.9. The molecule has 3 rings (SSSR count). The van der Waals surface area contributed by atoms with Crippen molar-refractivity contribution in [2.45, 2.75) is 6.42 Å². The molecule has 0 aliphatic heterocycles. The third kappa shape index (κ3) is 4.06. The second-order valence-corrected chi connectivity index (χ2v) is 6.33. The fourth-order valence-corrected chi connectivity index (χ4v) is 2.96. The third-order valence-corrected chi connectivity index (χ3v) is 4.49. The molecule has 0 aliphatic carbocycles. The number of carbonyl (C=O) groups is 1. The lowest BCUT2D eigenvalue weighted by atomic mass is 10.1. The number of amides is 1. The van der Waals surface area contributed by atoms with Gasteiger partial charge in [-0.3, -0.25) is 9.59 Å². The Morgan fingerprint density at radius 2 is 1.74 bits per heavy atom. The SMILES string of the molecule is COc1ccc(OC)c2[nH]c(=O)c(CCNC(=O)c3ccc(Cl)cc3)cc12. The molecule has 0 atom stereocenters. The van der Waals surface area contributed by atoms with Crippen LogP contribution in [0, 0.1) is 0 Å². The Morgan fingerprint density at radius 3 is 2.41 bits per heavy atom. The molecule has 0 saturated carbocycles. The van der Waals surface area contributed by atoms with Crippen LogP contribution >= 0.6 is 11.6 Å². The molecular weight excluding hydrogens is 368 g/mol. The number of halogens is 1. The number of hydrogen-bond acceptors (Lipinski definition) is 4. The molecule has 0 radical (unpaired) electrons. The van der Waals surface area contributed by atoms with Crippen molar-refractivity contribution in [2.24, 2.45) is 0 Å². The molecule has 6 nitrogen and oxygen atoms in total. The summed E-state index contributed by atoms with van der Waals surface area (Å²) < 4.78 is 10.7. The minimum atomic E-state index is -0.227. The van der Waals surface area contributed by atoms with E-state index >= 15 is 0 Å². The monoisotopic (exact) mass is 386 g/mol. The number of rotatable bonds is 6. The van der Waals surface area contributed by atoms with Crippen molar-refractivity contribution in [3.63, 3.8) is 0 Å². The molecule has 0 bridgehead atoms. The van der Waals surface area contributed by atoms with Gasteiger partial charge in [-0.05, 0) is 48.9 Å². The third-order valence-electron chi connectivity index (χ3n) is 4.24. The smallest absolute Gasteiger partial charge is 0.251 e.